The number of aromatic amines is 1. The third-order valence-corrected chi connectivity index (χ3v) is 12.8. The number of hydrogen-bond donors (Lipinski definition) is 3. The first-order chi connectivity index (χ1) is 17.8. The Balaban J connectivity index is 2.08. The van der Waals surface area contributed by atoms with Crippen LogP contribution in [0.3, 0.4) is 0 Å². The van der Waals surface area contributed by atoms with E-state index in [4.69, 9.17) is 10.2 Å². The highest BCUT2D eigenvalue weighted by molar-refractivity contribution is 7.99. The van der Waals surface area contributed by atoms with Crippen LogP contribution in [0.25, 0.3) is 0 Å². The molecule has 1 aromatic heterocycles. The van der Waals surface area contributed by atoms with Gasteiger partial charge in [-0.05, 0) is 42.2 Å². The standard InChI is InChI=1S/C29H39N3O4SSi/c1-28(2,3)32(27(34)35)21(20-37-24-17-18-31-26(33)25(24)30)19-36-38(29(4,5)6,22-13-9-7-10-14-22)23-15-11-8-12-16-23/h7-18,21H,19-20,30H2,1-6H3,(H,31,33)(H,34,35)/t21-/m1/s1. The van der Waals surface area contributed by atoms with Gasteiger partial charge in [-0.3, -0.25) is 9.69 Å². The van der Waals surface area contributed by atoms with Crippen molar-refractivity contribution < 1.29 is 14.3 Å². The van der Waals surface area contributed by atoms with E-state index < -0.39 is 26.0 Å². The Labute approximate surface area is 230 Å². The van der Waals surface area contributed by atoms with Crippen molar-refractivity contribution in [2.24, 2.45) is 0 Å². The van der Waals surface area contributed by atoms with E-state index in [9.17, 15) is 14.7 Å². The summed E-state index contributed by atoms with van der Waals surface area (Å²) < 4.78 is 7.12. The van der Waals surface area contributed by atoms with Crippen molar-refractivity contribution in [3.8, 4) is 0 Å². The molecule has 0 fully saturated rings. The molecular formula is C29H39N3O4SSi. The molecule has 1 amide bonds. The molecule has 38 heavy (non-hydrogen) atoms. The van der Waals surface area contributed by atoms with Gasteiger partial charge in [0.1, 0.15) is 5.69 Å². The van der Waals surface area contributed by atoms with Gasteiger partial charge in [-0.2, -0.15) is 0 Å². The highest BCUT2D eigenvalue weighted by Gasteiger charge is 2.51. The highest BCUT2D eigenvalue weighted by atomic mass is 32.2. The maximum Gasteiger partial charge on any atom is 0.408 e. The Morgan fingerprint density at radius 1 is 1.00 bits per heavy atom. The summed E-state index contributed by atoms with van der Waals surface area (Å²) in [6.07, 6.45) is 0.529. The minimum Gasteiger partial charge on any atom is -0.465 e. The van der Waals surface area contributed by atoms with Crippen molar-refractivity contribution >= 4 is 42.2 Å². The van der Waals surface area contributed by atoms with E-state index in [0.29, 0.717) is 10.6 Å². The van der Waals surface area contributed by atoms with Gasteiger partial charge in [-0.25, -0.2) is 4.79 Å². The van der Waals surface area contributed by atoms with Crippen molar-refractivity contribution in [2.45, 2.75) is 63.1 Å². The molecule has 0 aliphatic rings. The number of hydrogen-bond acceptors (Lipinski definition) is 5. The summed E-state index contributed by atoms with van der Waals surface area (Å²) >= 11 is 1.37. The zero-order valence-electron chi connectivity index (χ0n) is 23.0. The second-order valence-electron chi connectivity index (χ2n) is 11.3. The fourth-order valence-corrected chi connectivity index (χ4v) is 10.6. The third kappa shape index (κ3) is 6.34. The molecule has 204 valence electrons. The smallest absolute Gasteiger partial charge is 0.408 e. The fraction of sp³-hybridized carbons (Fsp3) is 0.379. The van der Waals surface area contributed by atoms with E-state index in [1.165, 1.54) is 16.7 Å². The zero-order chi connectivity index (χ0) is 28.1. The number of nitrogens with one attached hydrogen (secondary N) is 1. The van der Waals surface area contributed by atoms with Gasteiger partial charge in [0, 0.05) is 22.4 Å². The van der Waals surface area contributed by atoms with Crippen molar-refractivity contribution in [3.05, 3.63) is 83.3 Å². The van der Waals surface area contributed by atoms with Gasteiger partial charge in [-0.1, -0.05) is 81.4 Å². The number of thioether (sulfide) groups is 1. The van der Waals surface area contributed by atoms with E-state index in [2.05, 4.69) is 50.0 Å². The quantitative estimate of drug-likeness (QED) is 0.260. The summed E-state index contributed by atoms with van der Waals surface area (Å²) in [5.41, 5.74) is 5.12. The van der Waals surface area contributed by atoms with Crippen LogP contribution in [0.2, 0.25) is 5.04 Å². The topological polar surface area (TPSA) is 109 Å². The van der Waals surface area contributed by atoms with E-state index in [0.717, 1.165) is 10.4 Å². The van der Waals surface area contributed by atoms with Gasteiger partial charge in [0.2, 0.25) is 0 Å². The first kappa shape index (κ1) is 29.5. The Kier molecular flexibility index (Phi) is 9.17. The molecular weight excluding hydrogens is 514 g/mol. The average Bonchev–Trinajstić information content (AvgIpc) is 2.84. The number of carboxylic acid groups (broad SMARTS) is 1. The van der Waals surface area contributed by atoms with Gasteiger partial charge >= 0.3 is 6.09 Å². The molecule has 0 saturated heterocycles. The number of amides is 1. The van der Waals surface area contributed by atoms with Gasteiger partial charge in [0.25, 0.3) is 13.9 Å². The van der Waals surface area contributed by atoms with E-state index in [1.807, 2.05) is 57.2 Å². The normalized spacial score (nSPS) is 13.2. The Morgan fingerprint density at radius 3 is 1.97 bits per heavy atom. The average molecular weight is 554 g/mol. The molecule has 0 bridgehead atoms. The zero-order valence-corrected chi connectivity index (χ0v) is 24.8. The summed E-state index contributed by atoms with van der Waals surface area (Å²) in [7, 11) is -2.89. The summed E-state index contributed by atoms with van der Waals surface area (Å²) in [5.74, 6) is 0.370. The number of nitrogen functional groups attached to an aromatic ring is 1. The van der Waals surface area contributed by atoms with Crippen molar-refractivity contribution in [2.75, 3.05) is 18.1 Å². The van der Waals surface area contributed by atoms with Crippen molar-refractivity contribution in [1.29, 1.82) is 0 Å². The van der Waals surface area contributed by atoms with Crippen LogP contribution in [0.1, 0.15) is 41.5 Å². The molecule has 7 nitrogen and oxygen atoms in total. The first-order valence-corrected chi connectivity index (χ1v) is 15.6. The summed E-state index contributed by atoms with van der Waals surface area (Å²) in [4.78, 5) is 29.3. The van der Waals surface area contributed by atoms with Crippen LogP contribution in [-0.4, -0.2) is 53.3 Å². The molecule has 3 rings (SSSR count). The number of nitrogens with two attached hydrogens (primary N) is 1. The molecule has 3 aromatic rings. The molecule has 0 aliphatic carbocycles. The number of anilines is 1. The first-order valence-electron chi connectivity index (χ1n) is 12.7. The number of benzene rings is 2. The van der Waals surface area contributed by atoms with Crippen LogP contribution < -0.4 is 21.7 Å². The van der Waals surface area contributed by atoms with E-state index in [1.54, 1.807) is 12.3 Å². The van der Waals surface area contributed by atoms with Crippen LogP contribution in [-0.2, 0) is 4.43 Å². The van der Waals surface area contributed by atoms with Gasteiger partial charge < -0.3 is 20.3 Å². The van der Waals surface area contributed by atoms with E-state index in [-0.39, 0.29) is 22.9 Å². The van der Waals surface area contributed by atoms with Crippen LogP contribution in [0, 0.1) is 0 Å². The van der Waals surface area contributed by atoms with Crippen LogP contribution >= 0.6 is 11.8 Å². The van der Waals surface area contributed by atoms with Crippen LogP contribution in [0.5, 0.6) is 0 Å². The second kappa shape index (κ2) is 11.8. The fourth-order valence-electron chi connectivity index (χ4n) is 4.96. The monoisotopic (exact) mass is 553 g/mol. The molecule has 4 N–H and O–H groups in total. The largest absolute Gasteiger partial charge is 0.465 e. The minimum atomic E-state index is -2.89. The predicted octanol–water partition coefficient (Wildman–Crippen LogP) is 4.77. The number of carbonyl (C=O) groups is 1. The number of aromatic nitrogens is 1. The molecule has 0 radical (unpaired) electrons. The van der Waals surface area contributed by atoms with Gasteiger partial charge in [0.05, 0.1) is 12.6 Å². The number of pyridine rings is 1. The SMILES string of the molecule is CC(C)(C)N(C(=O)O)[C@H](CO[Si](c1ccccc1)(c1ccccc1)C(C)(C)C)CSc1cc[nH]c(=O)c1N. The minimum absolute atomic E-state index is 0.127. The Hall–Kier alpha value is -3.01. The molecule has 1 heterocycles. The number of H-pyrrole nitrogens is 1. The molecule has 2 aromatic carbocycles. The Bertz CT molecular complexity index is 1230. The molecule has 0 spiro atoms. The molecule has 0 aliphatic heterocycles. The summed E-state index contributed by atoms with van der Waals surface area (Å²) in [6.45, 7) is 12.4. The van der Waals surface area contributed by atoms with Crippen LogP contribution in [0.4, 0.5) is 10.5 Å². The number of rotatable bonds is 9. The highest BCUT2D eigenvalue weighted by Crippen LogP contribution is 2.37. The maximum atomic E-state index is 12.6. The van der Waals surface area contributed by atoms with E-state index >= 15 is 0 Å². The van der Waals surface area contributed by atoms with Gasteiger partial charge in [-0.15, -0.1) is 11.8 Å². The van der Waals surface area contributed by atoms with Gasteiger partial charge in [0.15, 0.2) is 0 Å². The lowest BCUT2D eigenvalue weighted by Crippen LogP contribution is -2.68. The lowest BCUT2D eigenvalue weighted by Gasteiger charge is -2.46. The molecule has 0 saturated carbocycles. The van der Waals surface area contributed by atoms with Crippen molar-refractivity contribution in [3.63, 3.8) is 0 Å². The second-order valence-corrected chi connectivity index (χ2v) is 16.7. The Morgan fingerprint density at radius 2 is 1.53 bits per heavy atom. The molecule has 1 atom stereocenters. The summed E-state index contributed by atoms with van der Waals surface area (Å²) in [5, 5.41) is 12.3. The maximum absolute atomic E-state index is 12.6. The molecule has 0 unspecified atom stereocenters. The third-order valence-electron chi connectivity index (χ3n) is 6.59. The lowest BCUT2D eigenvalue weighted by molar-refractivity contribution is 0.0577. The predicted molar refractivity (Wildman–Crippen MR) is 159 cm³/mol. The van der Waals surface area contributed by atoms with Crippen LogP contribution in [0.15, 0.2) is 82.6 Å². The lowest BCUT2D eigenvalue weighted by atomic mass is 10.0. The summed E-state index contributed by atoms with van der Waals surface area (Å²) in [6, 6.07) is 21.8. The van der Waals surface area contributed by atoms with Crippen molar-refractivity contribution in [1.82, 2.24) is 9.88 Å². The number of nitrogens with zero attached hydrogens (tertiary/aromatic N) is 1. The molecule has 9 heteroatoms.